The lowest BCUT2D eigenvalue weighted by atomic mass is 10.2. The van der Waals surface area contributed by atoms with Crippen LogP contribution in [-0.2, 0) is 0 Å². The number of hydrogen-bond donors (Lipinski definition) is 0. The first-order chi connectivity index (χ1) is 4.70. The van der Waals surface area contributed by atoms with Gasteiger partial charge in [-0.05, 0) is 46.5 Å². The van der Waals surface area contributed by atoms with E-state index in [1.165, 1.54) is 10.9 Å². The van der Waals surface area contributed by atoms with Crippen molar-refractivity contribution in [2.45, 2.75) is 6.92 Å². The minimum absolute atomic E-state index is 0.0620. The summed E-state index contributed by atoms with van der Waals surface area (Å²) in [5.41, 5.74) is 1.41. The van der Waals surface area contributed by atoms with Crippen LogP contribution in [0.5, 0.6) is 0 Å². The van der Waals surface area contributed by atoms with Gasteiger partial charge in [0.05, 0.1) is 0 Å². The summed E-state index contributed by atoms with van der Waals surface area (Å²) in [6, 6.07) is 8.78. The van der Waals surface area contributed by atoms with Crippen LogP contribution in [0.15, 0.2) is 24.3 Å². The topological polar surface area (TPSA) is 0 Å². The Balaban J connectivity index is 2.89. The summed E-state index contributed by atoms with van der Waals surface area (Å²) in [6.45, 7) is 4.38. The lowest BCUT2D eigenvalue weighted by Gasteiger charge is -2.02. The fourth-order valence-electron chi connectivity index (χ4n) is 0.750. The predicted octanol–water partition coefficient (Wildman–Crippen LogP) is 3.08. The van der Waals surface area contributed by atoms with E-state index >= 15 is 0 Å². The molecule has 0 nitrogen and oxygen atoms in total. The molecule has 1 unspecified atom stereocenters. The molecule has 0 aliphatic carbocycles. The molecule has 1 aromatic carbocycles. The van der Waals surface area contributed by atoms with E-state index in [4.69, 9.17) is 0 Å². The van der Waals surface area contributed by atoms with E-state index in [1.54, 1.807) is 0 Å². The summed E-state index contributed by atoms with van der Waals surface area (Å²) < 4.78 is 0. The van der Waals surface area contributed by atoms with Crippen molar-refractivity contribution in [3.05, 3.63) is 29.8 Å². The van der Waals surface area contributed by atoms with Gasteiger partial charge in [-0.2, -0.15) is 0 Å². The molecule has 0 radical (unpaired) electrons. The maximum Gasteiger partial charge on any atom is -0.0127 e. The summed E-state index contributed by atoms with van der Waals surface area (Å²) in [4.78, 5) is 0. The standard InChI is InChI=1S/C8H10IP/c1-7-3-5-8(6-4-7)10(2)9/h3-6H,1-2H3. The molecule has 0 heterocycles. The molecular formula is C8H10IP. The Kier molecular flexibility index (Phi) is 3.12. The molecule has 0 amide bonds. The van der Waals surface area contributed by atoms with Crippen molar-refractivity contribution in [1.29, 1.82) is 0 Å². The summed E-state index contributed by atoms with van der Waals surface area (Å²) in [7, 11) is 0. The van der Waals surface area contributed by atoms with E-state index < -0.39 is 0 Å². The third kappa shape index (κ3) is 2.21. The second-order valence-corrected chi connectivity index (χ2v) is 8.13. The van der Waals surface area contributed by atoms with Gasteiger partial charge in [0.25, 0.3) is 0 Å². The van der Waals surface area contributed by atoms with Gasteiger partial charge in [0, 0.05) is 0 Å². The Morgan fingerprint density at radius 1 is 1.20 bits per heavy atom. The smallest absolute Gasteiger partial charge is 0.0127 e. The molecule has 0 N–H and O–H groups in total. The Morgan fingerprint density at radius 3 is 2.10 bits per heavy atom. The molecule has 0 aromatic heterocycles. The second-order valence-electron chi connectivity index (χ2n) is 2.31. The number of aryl methyl sites for hydroxylation is 1. The lowest BCUT2D eigenvalue weighted by molar-refractivity contribution is 1.49. The SMILES string of the molecule is Cc1ccc(P(C)I)cc1. The van der Waals surface area contributed by atoms with Crippen LogP contribution in [0.3, 0.4) is 0 Å². The molecular weight excluding hydrogens is 254 g/mol. The van der Waals surface area contributed by atoms with Gasteiger partial charge in [0.15, 0.2) is 0 Å². The molecule has 1 atom stereocenters. The van der Waals surface area contributed by atoms with Gasteiger partial charge in [0.1, 0.15) is 0 Å². The van der Waals surface area contributed by atoms with E-state index in [9.17, 15) is 0 Å². The maximum atomic E-state index is 2.48. The molecule has 1 aromatic rings. The van der Waals surface area contributed by atoms with Gasteiger partial charge in [-0.3, -0.25) is 0 Å². The van der Waals surface area contributed by atoms with Crippen LogP contribution < -0.4 is 5.30 Å². The van der Waals surface area contributed by atoms with Crippen molar-refractivity contribution < 1.29 is 0 Å². The van der Waals surface area contributed by atoms with E-state index in [2.05, 4.69) is 59.9 Å². The zero-order chi connectivity index (χ0) is 7.56. The van der Waals surface area contributed by atoms with Crippen LogP contribution >= 0.6 is 27.6 Å². The van der Waals surface area contributed by atoms with Crippen LogP contribution in [0.1, 0.15) is 5.56 Å². The van der Waals surface area contributed by atoms with Crippen LogP contribution in [-0.4, -0.2) is 6.66 Å². The van der Waals surface area contributed by atoms with Gasteiger partial charge in [-0.15, -0.1) is 0 Å². The highest BCUT2D eigenvalue weighted by molar-refractivity contribution is 14.2. The van der Waals surface area contributed by atoms with E-state index in [-0.39, 0.29) is 5.56 Å². The van der Waals surface area contributed by atoms with Crippen LogP contribution in [0.2, 0.25) is 0 Å². The average molecular weight is 264 g/mol. The zero-order valence-electron chi connectivity index (χ0n) is 6.13. The third-order valence-corrected chi connectivity index (χ3v) is 4.07. The fourth-order valence-corrected chi connectivity index (χ4v) is 2.27. The fraction of sp³-hybridized carbons (Fsp3) is 0.250. The van der Waals surface area contributed by atoms with Crippen LogP contribution in [0.4, 0.5) is 0 Å². The Bertz CT molecular complexity index is 203. The van der Waals surface area contributed by atoms with Gasteiger partial charge in [0.2, 0.25) is 0 Å². The maximum absolute atomic E-state index is 2.48. The molecule has 54 valence electrons. The van der Waals surface area contributed by atoms with Crippen molar-refractivity contribution in [3.63, 3.8) is 0 Å². The highest BCUT2D eigenvalue weighted by Crippen LogP contribution is 2.38. The van der Waals surface area contributed by atoms with E-state index in [0.29, 0.717) is 0 Å². The number of halogens is 1. The zero-order valence-corrected chi connectivity index (χ0v) is 9.19. The van der Waals surface area contributed by atoms with Crippen molar-refractivity contribution >= 4 is 32.9 Å². The molecule has 0 saturated carbocycles. The molecule has 0 bridgehead atoms. The number of benzene rings is 1. The molecule has 1 rings (SSSR count). The summed E-state index contributed by atoms with van der Waals surface area (Å²) >= 11 is 2.48. The van der Waals surface area contributed by atoms with Crippen molar-refractivity contribution in [2.75, 3.05) is 6.66 Å². The van der Waals surface area contributed by atoms with Crippen molar-refractivity contribution in [2.24, 2.45) is 0 Å². The van der Waals surface area contributed by atoms with Gasteiger partial charge in [-0.1, -0.05) is 29.8 Å². The molecule has 10 heavy (non-hydrogen) atoms. The molecule has 0 aliphatic rings. The minimum Gasteiger partial charge on any atom is -0.0587 e. The van der Waals surface area contributed by atoms with Gasteiger partial charge < -0.3 is 0 Å². The normalized spacial score (nSPS) is 13.1. The predicted molar refractivity (Wildman–Crippen MR) is 57.7 cm³/mol. The quantitative estimate of drug-likeness (QED) is 0.540. The third-order valence-electron chi connectivity index (χ3n) is 1.39. The molecule has 0 aliphatic heterocycles. The minimum atomic E-state index is 0.0620. The average Bonchev–Trinajstić information content (AvgIpc) is 1.88. The second kappa shape index (κ2) is 3.68. The monoisotopic (exact) mass is 264 g/mol. The largest absolute Gasteiger partial charge is 0.0587 e. The first-order valence-electron chi connectivity index (χ1n) is 3.16. The number of hydrogen-bond acceptors (Lipinski definition) is 0. The Hall–Kier alpha value is 0.380. The van der Waals surface area contributed by atoms with E-state index in [0.717, 1.165) is 0 Å². The summed E-state index contributed by atoms with van der Waals surface area (Å²) in [5.74, 6) is 0. The first-order valence-corrected chi connectivity index (χ1v) is 7.74. The summed E-state index contributed by atoms with van der Waals surface area (Å²) in [5, 5.41) is 1.47. The van der Waals surface area contributed by atoms with Crippen LogP contribution in [0.25, 0.3) is 0 Å². The molecule has 0 saturated heterocycles. The van der Waals surface area contributed by atoms with Crippen molar-refractivity contribution in [3.8, 4) is 0 Å². The van der Waals surface area contributed by atoms with E-state index in [1.807, 2.05) is 0 Å². The molecule has 0 fully saturated rings. The van der Waals surface area contributed by atoms with Crippen LogP contribution in [0, 0.1) is 6.92 Å². The summed E-state index contributed by atoms with van der Waals surface area (Å²) in [6.07, 6.45) is 0. The number of rotatable bonds is 1. The van der Waals surface area contributed by atoms with Gasteiger partial charge >= 0.3 is 0 Å². The Labute approximate surface area is 76.3 Å². The van der Waals surface area contributed by atoms with Crippen molar-refractivity contribution in [1.82, 2.24) is 0 Å². The van der Waals surface area contributed by atoms with Gasteiger partial charge in [-0.25, -0.2) is 0 Å². The molecule has 0 spiro atoms. The first kappa shape index (κ1) is 8.48. The highest BCUT2D eigenvalue weighted by Gasteiger charge is 1.96. The lowest BCUT2D eigenvalue weighted by Crippen LogP contribution is -1.93. The Morgan fingerprint density at radius 2 is 1.70 bits per heavy atom. The highest BCUT2D eigenvalue weighted by atomic mass is 127. The molecule has 2 heteroatoms.